The second-order valence-electron chi connectivity index (χ2n) is 7.46. The highest BCUT2D eigenvalue weighted by atomic mass is 16.6. The van der Waals surface area contributed by atoms with Crippen molar-refractivity contribution in [3.63, 3.8) is 0 Å². The molecule has 31 heavy (non-hydrogen) atoms. The lowest BCUT2D eigenvalue weighted by atomic mass is 10.1. The molecule has 4 rings (SSSR count). The number of carbonyl (C=O) groups excluding carboxylic acids is 1. The molecule has 2 aromatic rings. The van der Waals surface area contributed by atoms with E-state index in [0.717, 1.165) is 25.2 Å². The molecule has 1 amide bonds. The molecule has 8 heteroatoms. The van der Waals surface area contributed by atoms with E-state index in [1.165, 1.54) is 0 Å². The van der Waals surface area contributed by atoms with E-state index in [-0.39, 0.29) is 5.91 Å². The van der Waals surface area contributed by atoms with Gasteiger partial charge in [0.2, 0.25) is 5.75 Å². The molecule has 2 aliphatic rings. The second-order valence-corrected chi connectivity index (χ2v) is 7.46. The van der Waals surface area contributed by atoms with Gasteiger partial charge in [-0.05, 0) is 35.9 Å². The van der Waals surface area contributed by atoms with E-state index < -0.39 is 0 Å². The van der Waals surface area contributed by atoms with Crippen molar-refractivity contribution < 1.29 is 28.5 Å². The van der Waals surface area contributed by atoms with Crippen LogP contribution in [0.15, 0.2) is 30.3 Å². The molecule has 2 aromatic carbocycles. The van der Waals surface area contributed by atoms with E-state index in [4.69, 9.17) is 23.7 Å². The molecule has 0 N–H and O–H groups in total. The van der Waals surface area contributed by atoms with Crippen molar-refractivity contribution in [1.29, 1.82) is 0 Å². The van der Waals surface area contributed by atoms with Crippen molar-refractivity contribution in [3.8, 4) is 28.7 Å². The molecule has 8 nitrogen and oxygen atoms in total. The van der Waals surface area contributed by atoms with E-state index in [9.17, 15) is 4.79 Å². The minimum absolute atomic E-state index is 0.0180. The zero-order chi connectivity index (χ0) is 21.8. The maximum absolute atomic E-state index is 13.0. The van der Waals surface area contributed by atoms with Crippen LogP contribution in [0.5, 0.6) is 28.7 Å². The fourth-order valence-electron chi connectivity index (χ4n) is 3.95. The summed E-state index contributed by atoms with van der Waals surface area (Å²) in [6.45, 7) is 4.68. The summed E-state index contributed by atoms with van der Waals surface area (Å²) in [7, 11) is 4.82. The third-order valence-corrected chi connectivity index (χ3v) is 5.58. The van der Waals surface area contributed by atoms with Crippen LogP contribution in [-0.2, 0) is 6.54 Å². The second kappa shape index (κ2) is 9.34. The van der Waals surface area contributed by atoms with Gasteiger partial charge in [-0.2, -0.15) is 0 Å². The Morgan fingerprint density at radius 1 is 0.871 bits per heavy atom. The number of benzene rings is 2. The first-order valence-electron chi connectivity index (χ1n) is 10.3. The monoisotopic (exact) mass is 428 g/mol. The average molecular weight is 428 g/mol. The zero-order valence-corrected chi connectivity index (χ0v) is 18.2. The zero-order valence-electron chi connectivity index (χ0n) is 18.2. The SMILES string of the molecule is COc1cc(CN2CCN(C(=O)c3ccc4c(c3)OCCO4)CC2)cc(OC)c1OC. The minimum atomic E-state index is 0.0180. The van der Waals surface area contributed by atoms with Crippen LogP contribution in [0.1, 0.15) is 15.9 Å². The highest BCUT2D eigenvalue weighted by molar-refractivity contribution is 5.95. The van der Waals surface area contributed by atoms with E-state index in [1.807, 2.05) is 23.1 Å². The molecular formula is C23H28N2O6. The molecule has 0 unspecified atom stereocenters. The van der Waals surface area contributed by atoms with Crippen LogP contribution in [0, 0.1) is 0 Å². The maximum atomic E-state index is 13.0. The summed E-state index contributed by atoms with van der Waals surface area (Å²) in [5, 5.41) is 0. The molecule has 0 bridgehead atoms. The van der Waals surface area contributed by atoms with Crippen molar-refractivity contribution >= 4 is 5.91 Å². The van der Waals surface area contributed by atoms with Crippen LogP contribution >= 0.6 is 0 Å². The number of fused-ring (bicyclic) bond motifs is 1. The van der Waals surface area contributed by atoms with E-state index in [0.29, 0.717) is 60.6 Å². The Morgan fingerprint density at radius 3 is 2.13 bits per heavy atom. The molecule has 0 radical (unpaired) electrons. The van der Waals surface area contributed by atoms with E-state index >= 15 is 0 Å². The molecule has 2 heterocycles. The summed E-state index contributed by atoms with van der Waals surface area (Å²) < 4.78 is 27.4. The van der Waals surface area contributed by atoms with E-state index in [2.05, 4.69) is 4.90 Å². The summed E-state index contributed by atoms with van der Waals surface area (Å²) in [6, 6.07) is 9.32. The first-order chi connectivity index (χ1) is 15.1. The van der Waals surface area contributed by atoms with E-state index in [1.54, 1.807) is 33.5 Å². The summed E-state index contributed by atoms with van der Waals surface area (Å²) in [6.07, 6.45) is 0. The fourth-order valence-corrected chi connectivity index (χ4v) is 3.95. The predicted octanol–water partition coefficient (Wildman–Crippen LogP) is 2.44. The Morgan fingerprint density at radius 2 is 1.52 bits per heavy atom. The summed E-state index contributed by atoms with van der Waals surface area (Å²) >= 11 is 0. The molecule has 1 fully saturated rings. The van der Waals surface area contributed by atoms with Gasteiger partial charge < -0.3 is 28.6 Å². The molecule has 0 atom stereocenters. The number of hydrogen-bond acceptors (Lipinski definition) is 7. The molecule has 0 aromatic heterocycles. The van der Waals surface area contributed by atoms with Crippen LogP contribution in [0.4, 0.5) is 0 Å². The maximum Gasteiger partial charge on any atom is 0.254 e. The largest absolute Gasteiger partial charge is 0.493 e. The molecule has 2 aliphatic heterocycles. The molecule has 0 aliphatic carbocycles. The highest BCUT2D eigenvalue weighted by Crippen LogP contribution is 2.38. The average Bonchev–Trinajstić information content (AvgIpc) is 2.83. The van der Waals surface area contributed by atoms with Crippen molar-refractivity contribution in [2.45, 2.75) is 6.54 Å². The van der Waals surface area contributed by atoms with Gasteiger partial charge in [0, 0.05) is 38.3 Å². The van der Waals surface area contributed by atoms with Gasteiger partial charge in [-0.1, -0.05) is 0 Å². The Bertz CT molecular complexity index is 915. The third-order valence-electron chi connectivity index (χ3n) is 5.58. The molecule has 0 spiro atoms. The highest BCUT2D eigenvalue weighted by Gasteiger charge is 2.24. The molecule has 0 saturated carbocycles. The van der Waals surface area contributed by atoms with Crippen molar-refractivity contribution in [2.75, 3.05) is 60.7 Å². The Balaban J connectivity index is 1.38. The Hall–Kier alpha value is -3.13. The predicted molar refractivity (Wildman–Crippen MR) is 115 cm³/mol. The van der Waals surface area contributed by atoms with Crippen LogP contribution in [-0.4, -0.2) is 76.4 Å². The first-order valence-corrected chi connectivity index (χ1v) is 10.3. The number of nitrogens with zero attached hydrogens (tertiary/aromatic N) is 2. The number of amides is 1. The first kappa shape index (κ1) is 21.1. The lowest BCUT2D eigenvalue weighted by Crippen LogP contribution is -2.48. The lowest BCUT2D eigenvalue weighted by Gasteiger charge is -2.35. The Labute approximate surface area is 182 Å². The van der Waals surface area contributed by atoms with Crippen molar-refractivity contribution in [1.82, 2.24) is 9.80 Å². The van der Waals surface area contributed by atoms with Gasteiger partial charge in [-0.3, -0.25) is 9.69 Å². The standard InChI is InChI=1S/C23H28N2O6/c1-27-20-12-16(13-21(28-2)22(20)29-3)15-24-6-8-25(9-7-24)23(26)17-4-5-18-19(14-17)31-11-10-30-18/h4-5,12-14H,6-11,15H2,1-3H3. The van der Waals surface area contributed by atoms with Gasteiger partial charge >= 0.3 is 0 Å². The van der Waals surface area contributed by atoms with Crippen LogP contribution in [0.2, 0.25) is 0 Å². The molecule has 1 saturated heterocycles. The number of methoxy groups -OCH3 is 3. The van der Waals surface area contributed by atoms with Gasteiger partial charge in [0.15, 0.2) is 23.0 Å². The van der Waals surface area contributed by atoms with Crippen LogP contribution in [0.3, 0.4) is 0 Å². The number of hydrogen-bond donors (Lipinski definition) is 0. The quantitative estimate of drug-likeness (QED) is 0.700. The Kier molecular flexibility index (Phi) is 6.36. The van der Waals surface area contributed by atoms with Crippen LogP contribution < -0.4 is 23.7 Å². The van der Waals surface area contributed by atoms with Crippen molar-refractivity contribution in [2.24, 2.45) is 0 Å². The fraction of sp³-hybridized carbons (Fsp3) is 0.435. The normalized spacial score (nSPS) is 16.0. The smallest absolute Gasteiger partial charge is 0.254 e. The van der Waals surface area contributed by atoms with Gasteiger partial charge in [-0.15, -0.1) is 0 Å². The third kappa shape index (κ3) is 4.49. The van der Waals surface area contributed by atoms with Gasteiger partial charge in [0.1, 0.15) is 13.2 Å². The number of carbonyl (C=O) groups is 1. The van der Waals surface area contributed by atoms with Crippen molar-refractivity contribution in [3.05, 3.63) is 41.5 Å². The molecule has 166 valence electrons. The topological polar surface area (TPSA) is 69.7 Å². The number of piperazine rings is 1. The minimum Gasteiger partial charge on any atom is -0.493 e. The lowest BCUT2D eigenvalue weighted by molar-refractivity contribution is 0.0627. The van der Waals surface area contributed by atoms with Gasteiger partial charge in [0.05, 0.1) is 21.3 Å². The summed E-state index contributed by atoms with van der Waals surface area (Å²) in [5.74, 6) is 3.22. The van der Waals surface area contributed by atoms with Gasteiger partial charge in [0.25, 0.3) is 5.91 Å². The number of ether oxygens (including phenoxy) is 5. The summed E-state index contributed by atoms with van der Waals surface area (Å²) in [4.78, 5) is 17.2. The van der Waals surface area contributed by atoms with Gasteiger partial charge in [-0.25, -0.2) is 0 Å². The number of rotatable bonds is 6. The van der Waals surface area contributed by atoms with Crippen LogP contribution in [0.25, 0.3) is 0 Å². The molecular weight excluding hydrogens is 400 g/mol. The summed E-state index contributed by atoms with van der Waals surface area (Å²) in [5.41, 5.74) is 1.70.